The van der Waals surface area contributed by atoms with Crippen LogP contribution >= 0.6 is 0 Å². The number of sulfonamides is 1. The number of amides is 2. The van der Waals surface area contributed by atoms with Gasteiger partial charge in [0.1, 0.15) is 11.6 Å². The molecule has 0 atom stereocenters. The van der Waals surface area contributed by atoms with Gasteiger partial charge in [-0.05, 0) is 54.1 Å². The minimum absolute atomic E-state index is 0.108. The first kappa shape index (κ1) is 24.3. The molecule has 1 fully saturated rings. The molecule has 0 spiro atoms. The van der Waals surface area contributed by atoms with Crippen molar-refractivity contribution in [2.24, 2.45) is 0 Å². The molecule has 0 bridgehead atoms. The van der Waals surface area contributed by atoms with Gasteiger partial charge in [-0.3, -0.25) is 14.3 Å². The third-order valence-electron chi connectivity index (χ3n) is 5.71. The van der Waals surface area contributed by atoms with Crippen LogP contribution in [0, 0.1) is 11.6 Å². The van der Waals surface area contributed by atoms with Crippen LogP contribution in [0.4, 0.5) is 14.5 Å². The Kier molecular flexibility index (Phi) is 7.11. The van der Waals surface area contributed by atoms with Gasteiger partial charge in [0.15, 0.2) is 0 Å². The largest absolute Gasteiger partial charge is 0.339 e. The molecule has 1 aliphatic rings. The fourth-order valence-corrected chi connectivity index (χ4v) is 4.87. The lowest BCUT2D eigenvalue weighted by Crippen LogP contribution is -2.51. The van der Waals surface area contributed by atoms with Crippen molar-refractivity contribution in [3.63, 3.8) is 0 Å². The number of carbonyl (C=O) groups is 2. The number of nitrogens with one attached hydrogen (secondary N) is 1. The molecule has 35 heavy (non-hydrogen) atoms. The number of hydrogen-bond acceptors (Lipinski definition) is 4. The van der Waals surface area contributed by atoms with Crippen LogP contribution in [0.15, 0.2) is 77.7 Å². The molecule has 1 aliphatic heterocycles. The predicted octanol–water partition coefficient (Wildman–Crippen LogP) is 3.29. The molecule has 1 saturated heterocycles. The molecule has 0 saturated carbocycles. The lowest BCUT2D eigenvalue weighted by Gasteiger charge is -2.35. The predicted molar refractivity (Wildman–Crippen MR) is 126 cm³/mol. The van der Waals surface area contributed by atoms with Crippen molar-refractivity contribution >= 4 is 27.5 Å². The maximum Gasteiger partial charge on any atom is 0.261 e. The molecule has 10 heteroatoms. The van der Waals surface area contributed by atoms with Gasteiger partial charge in [0.05, 0.1) is 22.6 Å². The van der Waals surface area contributed by atoms with Crippen LogP contribution in [0.25, 0.3) is 0 Å². The number of halogens is 2. The zero-order valence-corrected chi connectivity index (χ0v) is 19.5. The first-order valence-corrected chi connectivity index (χ1v) is 12.4. The van der Waals surface area contributed by atoms with E-state index in [1.807, 2.05) is 0 Å². The topological polar surface area (TPSA) is 86.8 Å². The van der Waals surface area contributed by atoms with Crippen LogP contribution in [0.1, 0.15) is 15.9 Å². The molecule has 1 N–H and O–H groups in total. The van der Waals surface area contributed by atoms with Crippen molar-refractivity contribution in [1.82, 2.24) is 9.80 Å². The third-order valence-corrected chi connectivity index (χ3v) is 7.10. The fraction of sp³-hybridized carbons (Fsp3) is 0.200. The molecule has 0 radical (unpaired) electrons. The maximum absolute atomic E-state index is 13.2. The minimum atomic E-state index is -4.03. The zero-order valence-electron chi connectivity index (χ0n) is 18.7. The number of hydrogen-bond donors (Lipinski definition) is 1. The van der Waals surface area contributed by atoms with Crippen LogP contribution in [-0.4, -0.2) is 56.2 Å². The first-order valence-electron chi connectivity index (χ1n) is 10.9. The van der Waals surface area contributed by atoms with Crippen LogP contribution in [0.5, 0.6) is 0 Å². The number of carbonyl (C=O) groups excluding carboxylic acids is 2. The second kappa shape index (κ2) is 10.2. The maximum atomic E-state index is 13.2. The molecule has 0 aliphatic carbocycles. The van der Waals surface area contributed by atoms with E-state index in [4.69, 9.17) is 0 Å². The second-order valence-electron chi connectivity index (χ2n) is 8.08. The van der Waals surface area contributed by atoms with Gasteiger partial charge in [0.25, 0.3) is 15.9 Å². The summed E-state index contributed by atoms with van der Waals surface area (Å²) in [5, 5.41) is 0. The highest BCUT2D eigenvalue weighted by molar-refractivity contribution is 7.92. The summed E-state index contributed by atoms with van der Waals surface area (Å²) in [6.07, 6.45) is 0.141. The Morgan fingerprint density at radius 3 is 1.94 bits per heavy atom. The van der Waals surface area contributed by atoms with Crippen LogP contribution in [0.2, 0.25) is 0 Å². The van der Waals surface area contributed by atoms with E-state index >= 15 is 0 Å². The highest BCUT2D eigenvalue weighted by Gasteiger charge is 2.27. The highest BCUT2D eigenvalue weighted by Crippen LogP contribution is 2.22. The molecule has 0 aromatic heterocycles. The molecule has 4 rings (SSSR count). The molecule has 1 heterocycles. The Hall–Kier alpha value is -3.79. The lowest BCUT2D eigenvalue weighted by atomic mass is 10.1. The lowest BCUT2D eigenvalue weighted by molar-refractivity contribution is -0.131. The Morgan fingerprint density at radius 2 is 1.31 bits per heavy atom. The van der Waals surface area contributed by atoms with Gasteiger partial charge in [-0.1, -0.05) is 24.3 Å². The van der Waals surface area contributed by atoms with E-state index in [2.05, 4.69) is 4.72 Å². The van der Waals surface area contributed by atoms with Gasteiger partial charge in [-0.15, -0.1) is 0 Å². The number of benzene rings is 3. The van der Waals surface area contributed by atoms with Crippen molar-refractivity contribution < 1.29 is 26.8 Å². The summed E-state index contributed by atoms with van der Waals surface area (Å²) in [5.41, 5.74) is 0.984. The van der Waals surface area contributed by atoms with Crippen molar-refractivity contribution in [2.45, 2.75) is 11.3 Å². The molecular formula is C25H23F2N3O4S. The van der Waals surface area contributed by atoms with E-state index in [9.17, 15) is 26.8 Å². The van der Waals surface area contributed by atoms with Crippen LogP contribution < -0.4 is 4.72 Å². The molecule has 2 amide bonds. The number of rotatable bonds is 6. The fourth-order valence-electron chi connectivity index (χ4n) is 3.79. The van der Waals surface area contributed by atoms with Gasteiger partial charge >= 0.3 is 0 Å². The highest BCUT2D eigenvalue weighted by atomic mass is 32.2. The molecule has 0 unspecified atom stereocenters. The van der Waals surface area contributed by atoms with E-state index < -0.39 is 15.8 Å². The Labute approximate surface area is 202 Å². The minimum Gasteiger partial charge on any atom is -0.339 e. The average molecular weight is 500 g/mol. The SMILES string of the molecule is O=C(Cc1ccc(F)cc1)N1CCN(C(=O)c2ccccc2NS(=O)(=O)c2ccc(F)cc2)CC1. The van der Waals surface area contributed by atoms with Gasteiger partial charge in [-0.25, -0.2) is 17.2 Å². The monoisotopic (exact) mass is 499 g/mol. The number of nitrogens with zero attached hydrogens (tertiary/aromatic N) is 2. The van der Waals surface area contributed by atoms with Crippen LogP contribution in [-0.2, 0) is 21.2 Å². The van der Waals surface area contributed by atoms with Gasteiger partial charge in [0, 0.05) is 26.2 Å². The van der Waals surface area contributed by atoms with Crippen molar-refractivity contribution in [1.29, 1.82) is 0 Å². The zero-order chi connectivity index (χ0) is 25.0. The summed E-state index contributed by atoms with van der Waals surface area (Å²) in [7, 11) is -4.03. The van der Waals surface area contributed by atoms with Gasteiger partial charge in [-0.2, -0.15) is 0 Å². The summed E-state index contributed by atoms with van der Waals surface area (Å²) in [6.45, 7) is 1.23. The Balaban J connectivity index is 1.41. The first-order chi connectivity index (χ1) is 16.7. The third kappa shape index (κ3) is 5.83. The van der Waals surface area contributed by atoms with Crippen LogP contribution in [0.3, 0.4) is 0 Å². The Morgan fingerprint density at radius 1 is 0.771 bits per heavy atom. The summed E-state index contributed by atoms with van der Waals surface area (Å²) < 4.78 is 54.1. The smallest absolute Gasteiger partial charge is 0.261 e. The van der Waals surface area contributed by atoms with E-state index in [1.54, 1.807) is 34.1 Å². The van der Waals surface area contributed by atoms with Crippen molar-refractivity contribution in [2.75, 3.05) is 30.9 Å². The molecular weight excluding hydrogens is 476 g/mol. The number of para-hydroxylation sites is 1. The van der Waals surface area contributed by atoms with E-state index in [-0.39, 0.29) is 53.3 Å². The van der Waals surface area contributed by atoms with Gasteiger partial charge < -0.3 is 9.80 Å². The number of piperazine rings is 1. The molecule has 7 nitrogen and oxygen atoms in total. The summed E-state index contributed by atoms with van der Waals surface area (Å²) in [6, 6.07) is 16.4. The summed E-state index contributed by atoms with van der Waals surface area (Å²) in [4.78, 5) is 28.9. The molecule has 3 aromatic rings. The quantitative estimate of drug-likeness (QED) is 0.564. The summed E-state index contributed by atoms with van der Waals surface area (Å²) in [5.74, 6) is -1.41. The van der Waals surface area contributed by atoms with Crippen molar-refractivity contribution in [3.8, 4) is 0 Å². The number of anilines is 1. The van der Waals surface area contributed by atoms with E-state index in [1.165, 1.54) is 24.3 Å². The molecule has 182 valence electrons. The normalized spacial score (nSPS) is 14.0. The van der Waals surface area contributed by atoms with Crippen molar-refractivity contribution in [3.05, 3.63) is 95.6 Å². The summed E-state index contributed by atoms with van der Waals surface area (Å²) >= 11 is 0. The van der Waals surface area contributed by atoms with E-state index in [0.29, 0.717) is 18.7 Å². The average Bonchev–Trinajstić information content (AvgIpc) is 2.85. The second-order valence-corrected chi connectivity index (χ2v) is 9.76. The molecule has 3 aromatic carbocycles. The Bertz CT molecular complexity index is 1320. The van der Waals surface area contributed by atoms with E-state index in [0.717, 1.165) is 24.3 Å². The van der Waals surface area contributed by atoms with Gasteiger partial charge in [0.2, 0.25) is 5.91 Å². The standard InChI is InChI=1S/C25H23F2N3O4S/c26-19-7-5-18(6-8-19)17-24(31)29-13-15-30(16-14-29)25(32)22-3-1-2-4-23(22)28-35(33,34)21-11-9-20(27)10-12-21/h1-12,28H,13-17H2.